The Labute approximate surface area is 151 Å². The third kappa shape index (κ3) is 4.17. The second-order valence-electron chi connectivity index (χ2n) is 5.62. The molecule has 1 unspecified atom stereocenters. The van der Waals surface area contributed by atoms with Gasteiger partial charge in [0.05, 0.1) is 16.5 Å². The van der Waals surface area contributed by atoms with Gasteiger partial charge in [-0.25, -0.2) is 15.0 Å². The van der Waals surface area contributed by atoms with E-state index in [0.29, 0.717) is 5.69 Å². The number of halogens is 3. The molecule has 0 aliphatic rings. The molecule has 0 bridgehead atoms. The number of nitrogens with one attached hydrogen (secondary N) is 1. The van der Waals surface area contributed by atoms with E-state index in [1.165, 1.54) is 11.3 Å². The number of rotatable bonds is 5. The van der Waals surface area contributed by atoms with Crippen molar-refractivity contribution in [2.24, 2.45) is 0 Å². The summed E-state index contributed by atoms with van der Waals surface area (Å²) in [7, 11) is 0. The summed E-state index contributed by atoms with van der Waals surface area (Å²) in [5, 5.41) is 12.8. The molecule has 5 nitrogen and oxygen atoms in total. The third-order valence-electron chi connectivity index (χ3n) is 3.57. The van der Waals surface area contributed by atoms with E-state index >= 15 is 0 Å². The van der Waals surface area contributed by atoms with E-state index in [2.05, 4.69) is 20.3 Å². The minimum atomic E-state index is -4.52. The molecule has 0 aliphatic carbocycles. The summed E-state index contributed by atoms with van der Waals surface area (Å²) < 4.78 is 38.2. The molecule has 2 aromatic heterocycles. The number of nitrogens with zero attached hydrogens (tertiary/aromatic N) is 3. The van der Waals surface area contributed by atoms with Gasteiger partial charge in [0.1, 0.15) is 5.69 Å². The second kappa shape index (κ2) is 7.38. The van der Waals surface area contributed by atoms with Gasteiger partial charge in [-0.1, -0.05) is 19.1 Å². The van der Waals surface area contributed by atoms with Crippen molar-refractivity contribution in [3.05, 3.63) is 53.4 Å². The van der Waals surface area contributed by atoms with Crippen molar-refractivity contribution in [1.82, 2.24) is 15.0 Å². The second-order valence-corrected chi connectivity index (χ2v) is 6.68. The number of hydrogen-bond donors (Lipinski definition) is 2. The average molecular weight is 380 g/mol. The van der Waals surface area contributed by atoms with Gasteiger partial charge in [0.25, 0.3) is 0 Å². The highest BCUT2D eigenvalue weighted by Gasteiger charge is 2.32. The molecule has 3 aromatic rings. The van der Waals surface area contributed by atoms with Crippen molar-refractivity contribution in [2.75, 3.05) is 11.9 Å². The van der Waals surface area contributed by atoms with Gasteiger partial charge in [-0.15, -0.1) is 11.3 Å². The van der Waals surface area contributed by atoms with Gasteiger partial charge >= 0.3 is 6.18 Å². The minimum absolute atomic E-state index is 0.0153. The smallest absolute Gasteiger partial charge is 0.396 e. The summed E-state index contributed by atoms with van der Waals surface area (Å²) in [6.07, 6.45) is -1.75. The van der Waals surface area contributed by atoms with Gasteiger partial charge in [0, 0.05) is 24.0 Å². The number of benzene rings is 1. The van der Waals surface area contributed by atoms with Crippen molar-refractivity contribution in [3.63, 3.8) is 0 Å². The van der Waals surface area contributed by atoms with Gasteiger partial charge in [-0.05, 0) is 23.8 Å². The number of aliphatic hydroxyl groups excluding tert-OH is 1. The Morgan fingerprint density at radius 1 is 1.23 bits per heavy atom. The van der Waals surface area contributed by atoms with Gasteiger partial charge in [0.15, 0.2) is 0 Å². The summed E-state index contributed by atoms with van der Waals surface area (Å²) in [6.45, 7) is 1.90. The molecule has 0 fully saturated rings. The first-order chi connectivity index (χ1) is 12.4. The Morgan fingerprint density at radius 3 is 2.77 bits per heavy atom. The summed E-state index contributed by atoms with van der Waals surface area (Å²) in [4.78, 5) is 12.5. The predicted molar refractivity (Wildman–Crippen MR) is 93.4 cm³/mol. The topological polar surface area (TPSA) is 70.9 Å². The monoisotopic (exact) mass is 380 g/mol. The first kappa shape index (κ1) is 18.3. The van der Waals surface area contributed by atoms with E-state index < -0.39 is 11.9 Å². The fourth-order valence-corrected chi connectivity index (χ4v) is 3.14. The largest absolute Gasteiger partial charge is 0.433 e. The lowest BCUT2D eigenvalue weighted by atomic mass is 10.2. The zero-order valence-electron chi connectivity index (χ0n) is 13.7. The number of aromatic nitrogens is 3. The fraction of sp³-hybridized carbons (Fsp3) is 0.235. The molecule has 2 heterocycles. The maximum atomic E-state index is 12.7. The molecule has 1 atom stereocenters. The zero-order chi connectivity index (χ0) is 18.7. The first-order valence-electron chi connectivity index (χ1n) is 7.71. The molecule has 0 saturated heterocycles. The summed E-state index contributed by atoms with van der Waals surface area (Å²) >= 11 is 1.46. The number of alkyl halides is 3. The molecule has 0 amide bonds. The van der Waals surface area contributed by atoms with Crippen molar-refractivity contribution in [3.8, 4) is 10.4 Å². The van der Waals surface area contributed by atoms with Crippen molar-refractivity contribution < 1.29 is 18.3 Å². The van der Waals surface area contributed by atoms with Crippen LogP contribution in [0, 0.1) is 0 Å². The van der Waals surface area contributed by atoms with Crippen LogP contribution in [0.4, 0.5) is 24.8 Å². The van der Waals surface area contributed by atoms with Crippen LogP contribution >= 0.6 is 11.3 Å². The van der Waals surface area contributed by atoms with Crippen molar-refractivity contribution >= 4 is 23.0 Å². The molecule has 0 saturated carbocycles. The van der Waals surface area contributed by atoms with Gasteiger partial charge in [-0.3, -0.25) is 0 Å². The van der Waals surface area contributed by atoms with Crippen molar-refractivity contribution in [2.45, 2.75) is 19.0 Å². The van der Waals surface area contributed by atoms with Gasteiger partial charge in [-0.2, -0.15) is 13.2 Å². The highest BCUT2D eigenvalue weighted by atomic mass is 32.1. The SMILES string of the molecule is CC(CO)c1ncc(-c2cccc(Nc3nccc(C(F)(F)F)n3)c2)s1. The quantitative estimate of drug-likeness (QED) is 0.684. The van der Waals surface area contributed by atoms with E-state index in [1.54, 1.807) is 24.4 Å². The van der Waals surface area contributed by atoms with Crippen LogP contribution in [0.15, 0.2) is 42.7 Å². The van der Waals surface area contributed by atoms with Crippen LogP contribution in [0.3, 0.4) is 0 Å². The summed E-state index contributed by atoms with van der Waals surface area (Å²) in [6, 6.07) is 7.97. The third-order valence-corrected chi connectivity index (χ3v) is 4.85. The van der Waals surface area contributed by atoms with Crippen LogP contribution in [0.5, 0.6) is 0 Å². The fourth-order valence-electron chi connectivity index (χ4n) is 2.18. The average Bonchev–Trinajstić information content (AvgIpc) is 3.11. The molecule has 0 aliphatic heterocycles. The van der Waals surface area contributed by atoms with Crippen LogP contribution < -0.4 is 5.32 Å². The maximum Gasteiger partial charge on any atom is 0.433 e. The normalized spacial score (nSPS) is 12.8. The van der Waals surface area contributed by atoms with E-state index in [-0.39, 0.29) is 18.5 Å². The summed E-state index contributed by atoms with van der Waals surface area (Å²) in [5.41, 5.74) is 0.416. The Kier molecular flexibility index (Phi) is 5.19. The number of anilines is 2. The summed E-state index contributed by atoms with van der Waals surface area (Å²) in [5.74, 6) is -0.176. The maximum absolute atomic E-state index is 12.7. The molecule has 136 valence electrons. The number of aliphatic hydroxyl groups is 1. The standard InChI is InChI=1S/C17H15F3N4OS/c1-10(9-25)15-22-8-13(26-15)11-3-2-4-12(7-11)23-16-21-6-5-14(24-16)17(18,19)20/h2-8,10,25H,9H2,1H3,(H,21,23,24). The van der Waals surface area contributed by atoms with Crippen LogP contribution in [-0.4, -0.2) is 26.7 Å². The highest BCUT2D eigenvalue weighted by molar-refractivity contribution is 7.15. The number of hydrogen-bond acceptors (Lipinski definition) is 6. The molecule has 0 radical (unpaired) electrons. The highest BCUT2D eigenvalue weighted by Crippen LogP contribution is 2.32. The Hall–Kier alpha value is -2.52. The lowest BCUT2D eigenvalue weighted by molar-refractivity contribution is -0.141. The predicted octanol–water partition coefficient (Wildman–Crippen LogP) is 4.46. The first-order valence-corrected chi connectivity index (χ1v) is 8.53. The zero-order valence-corrected chi connectivity index (χ0v) is 14.5. The molecule has 9 heteroatoms. The molecular formula is C17H15F3N4OS. The molecule has 26 heavy (non-hydrogen) atoms. The molecule has 1 aromatic carbocycles. The van der Waals surface area contributed by atoms with E-state index in [0.717, 1.165) is 27.7 Å². The van der Waals surface area contributed by atoms with Crippen molar-refractivity contribution in [1.29, 1.82) is 0 Å². The van der Waals surface area contributed by atoms with Gasteiger partial charge in [0.2, 0.25) is 5.95 Å². The Morgan fingerprint density at radius 2 is 2.04 bits per heavy atom. The van der Waals surface area contributed by atoms with Gasteiger partial charge < -0.3 is 10.4 Å². The van der Waals surface area contributed by atoms with Crippen LogP contribution in [0.1, 0.15) is 23.5 Å². The molecule has 3 rings (SSSR count). The van der Waals surface area contributed by atoms with E-state index in [9.17, 15) is 18.3 Å². The molecule has 2 N–H and O–H groups in total. The Balaban J connectivity index is 1.83. The lowest BCUT2D eigenvalue weighted by Gasteiger charge is -2.09. The lowest BCUT2D eigenvalue weighted by Crippen LogP contribution is -2.10. The molecular weight excluding hydrogens is 365 g/mol. The van der Waals surface area contributed by atoms with Crippen LogP contribution in [-0.2, 0) is 6.18 Å². The van der Waals surface area contributed by atoms with E-state index in [4.69, 9.17) is 0 Å². The van der Waals surface area contributed by atoms with E-state index in [1.807, 2.05) is 13.0 Å². The van der Waals surface area contributed by atoms with Crippen LogP contribution in [0.2, 0.25) is 0 Å². The minimum Gasteiger partial charge on any atom is -0.396 e. The Bertz CT molecular complexity index is 897. The van der Waals surface area contributed by atoms with Crippen LogP contribution in [0.25, 0.3) is 10.4 Å². The molecule has 0 spiro atoms. The number of thiazole rings is 1.